The zero-order valence-electron chi connectivity index (χ0n) is 17.6. The van der Waals surface area contributed by atoms with E-state index in [-0.39, 0.29) is 11.8 Å². The van der Waals surface area contributed by atoms with Crippen LogP contribution in [0.25, 0.3) is 11.1 Å². The Bertz CT molecular complexity index is 960. The lowest BCUT2D eigenvalue weighted by Crippen LogP contribution is -2.39. The Morgan fingerprint density at radius 2 is 1.57 bits per heavy atom. The van der Waals surface area contributed by atoms with Crippen LogP contribution < -0.4 is 10.2 Å². The molecule has 1 N–H and O–H groups in total. The topological polar surface area (TPSA) is 58.1 Å². The third-order valence-corrected chi connectivity index (χ3v) is 5.74. The molecule has 5 heteroatoms. The van der Waals surface area contributed by atoms with Crippen LogP contribution in [0, 0.1) is 5.92 Å². The average molecular weight is 401 g/mol. The molecule has 1 aliphatic rings. The Morgan fingerprint density at radius 3 is 2.17 bits per heavy atom. The summed E-state index contributed by atoms with van der Waals surface area (Å²) in [5, 5.41) is 3.07. The molecule has 1 fully saturated rings. The highest BCUT2D eigenvalue weighted by Crippen LogP contribution is 2.24. The van der Waals surface area contributed by atoms with Crippen molar-refractivity contribution in [1.82, 2.24) is 9.97 Å². The molecule has 5 nitrogen and oxygen atoms in total. The van der Waals surface area contributed by atoms with Crippen LogP contribution >= 0.6 is 0 Å². The van der Waals surface area contributed by atoms with Gasteiger partial charge in [0.15, 0.2) is 0 Å². The van der Waals surface area contributed by atoms with Crippen LogP contribution in [-0.2, 0) is 4.79 Å². The van der Waals surface area contributed by atoms with Crippen molar-refractivity contribution in [2.45, 2.75) is 32.6 Å². The summed E-state index contributed by atoms with van der Waals surface area (Å²) < 4.78 is 0. The van der Waals surface area contributed by atoms with E-state index in [1.165, 1.54) is 5.56 Å². The molecule has 0 bridgehead atoms. The molecule has 0 aliphatic carbocycles. The highest BCUT2D eigenvalue weighted by atomic mass is 16.1. The van der Waals surface area contributed by atoms with Gasteiger partial charge < -0.3 is 10.2 Å². The number of piperidine rings is 1. The fourth-order valence-electron chi connectivity index (χ4n) is 3.80. The number of carbonyl (C=O) groups excluding carboxylic acids is 1. The number of anilines is 2. The fourth-order valence-corrected chi connectivity index (χ4v) is 3.80. The molecule has 0 unspecified atom stereocenters. The van der Waals surface area contributed by atoms with Gasteiger partial charge in [0, 0.05) is 42.7 Å². The van der Waals surface area contributed by atoms with Crippen molar-refractivity contribution < 1.29 is 4.79 Å². The number of aromatic nitrogens is 2. The fraction of sp³-hybridized carbons (Fsp3) is 0.320. The van der Waals surface area contributed by atoms with E-state index in [9.17, 15) is 4.79 Å². The van der Waals surface area contributed by atoms with Crippen LogP contribution in [0.15, 0.2) is 67.0 Å². The molecular formula is C25H28N4O. The van der Waals surface area contributed by atoms with E-state index >= 15 is 0 Å². The number of rotatable bonds is 5. The molecule has 1 saturated heterocycles. The van der Waals surface area contributed by atoms with E-state index in [0.717, 1.165) is 48.7 Å². The molecule has 3 aromatic rings. The minimum Gasteiger partial charge on any atom is -0.341 e. The van der Waals surface area contributed by atoms with Crippen LogP contribution in [0.5, 0.6) is 0 Å². The van der Waals surface area contributed by atoms with Crippen LogP contribution in [-0.4, -0.2) is 29.0 Å². The molecule has 0 atom stereocenters. The van der Waals surface area contributed by atoms with E-state index in [0.29, 0.717) is 5.92 Å². The molecular weight excluding hydrogens is 372 g/mol. The van der Waals surface area contributed by atoms with E-state index < -0.39 is 0 Å². The highest BCUT2D eigenvalue weighted by molar-refractivity contribution is 5.92. The molecule has 1 aromatic heterocycles. The molecule has 1 aliphatic heterocycles. The van der Waals surface area contributed by atoms with E-state index in [1.807, 2.05) is 42.7 Å². The molecule has 0 radical (unpaired) electrons. The van der Waals surface area contributed by atoms with Gasteiger partial charge in [-0.1, -0.05) is 56.3 Å². The molecule has 2 aromatic carbocycles. The lowest BCUT2D eigenvalue weighted by molar-refractivity contribution is -0.120. The predicted molar refractivity (Wildman–Crippen MR) is 122 cm³/mol. The van der Waals surface area contributed by atoms with Gasteiger partial charge in [-0.3, -0.25) is 4.79 Å². The quantitative estimate of drug-likeness (QED) is 0.646. The van der Waals surface area contributed by atoms with Gasteiger partial charge >= 0.3 is 0 Å². The van der Waals surface area contributed by atoms with Crippen molar-refractivity contribution >= 4 is 17.5 Å². The summed E-state index contributed by atoms with van der Waals surface area (Å²) in [5.41, 5.74) is 4.27. The maximum absolute atomic E-state index is 12.7. The minimum absolute atomic E-state index is 0.0228. The van der Waals surface area contributed by atoms with Crippen molar-refractivity contribution in [2.24, 2.45) is 5.92 Å². The van der Waals surface area contributed by atoms with Crippen molar-refractivity contribution in [2.75, 3.05) is 23.3 Å². The van der Waals surface area contributed by atoms with Crippen LogP contribution in [0.4, 0.5) is 11.6 Å². The summed E-state index contributed by atoms with van der Waals surface area (Å²) in [6.07, 6.45) is 5.36. The van der Waals surface area contributed by atoms with E-state index in [4.69, 9.17) is 0 Å². The predicted octanol–water partition coefficient (Wildman–Crippen LogP) is 5.12. The Hall–Kier alpha value is -3.21. The monoisotopic (exact) mass is 400 g/mol. The number of nitrogens with zero attached hydrogens (tertiary/aromatic N) is 3. The lowest BCUT2D eigenvalue weighted by atomic mass is 9.96. The zero-order valence-corrected chi connectivity index (χ0v) is 17.6. The first-order valence-corrected chi connectivity index (χ1v) is 10.6. The number of nitrogens with one attached hydrogen (secondary N) is 1. The van der Waals surface area contributed by atoms with Gasteiger partial charge in [-0.25, -0.2) is 9.97 Å². The summed E-state index contributed by atoms with van der Waals surface area (Å²) in [6.45, 7) is 5.91. The maximum Gasteiger partial charge on any atom is 0.227 e. The molecule has 2 heterocycles. The first kappa shape index (κ1) is 20.1. The summed E-state index contributed by atoms with van der Waals surface area (Å²) in [7, 11) is 0. The highest BCUT2D eigenvalue weighted by Gasteiger charge is 2.26. The number of hydrogen-bond donors (Lipinski definition) is 1. The summed E-state index contributed by atoms with van der Waals surface area (Å²) >= 11 is 0. The van der Waals surface area contributed by atoms with E-state index in [2.05, 4.69) is 58.3 Å². The summed E-state index contributed by atoms with van der Waals surface area (Å²) in [6, 6.07) is 18.3. The van der Waals surface area contributed by atoms with E-state index in [1.54, 1.807) is 0 Å². The lowest BCUT2D eigenvalue weighted by Gasteiger charge is -2.31. The standard InChI is InChI=1S/C25H28N4O/c1-18(2)19-8-10-23(11-9-19)28-24(30)21-12-14-29(15-13-21)25-26-16-22(17-27-25)20-6-4-3-5-7-20/h3-11,16-18,21H,12-15H2,1-2H3,(H,28,30). The first-order valence-electron chi connectivity index (χ1n) is 10.6. The maximum atomic E-state index is 12.7. The number of carbonyl (C=O) groups is 1. The first-order chi connectivity index (χ1) is 14.6. The number of benzene rings is 2. The smallest absolute Gasteiger partial charge is 0.227 e. The van der Waals surface area contributed by atoms with Gasteiger partial charge in [-0.05, 0) is 42.0 Å². The largest absolute Gasteiger partial charge is 0.341 e. The molecule has 30 heavy (non-hydrogen) atoms. The van der Waals surface area contributed by atoms with Gasteiger partial charge in [0.25, 0.3) is 0 Å². The van der Waals surface area contributed by atoms with Gasteiger partial charge in [0.1, 0.15) is 0 Å². The Kier molecular flexibility index (Phi) is 6.07. The average Bonchev–Trinajstić information content (AvgIpc) is 2.80. The Labute approximate surface area is 178 Å². The molecule has 0 saturated carbocycles. The molecule has 4 rings (SSSR count). The van der Waals surface area contributed by atoms with Crippen molar-refractivity contribution in [1.29, 1.82) is 0 Å². The SMILES string of the molecule is CC(C)c1ccc(NC(=O)C2CCN(c3ncc(-c4ccccc4)cn3)CC2)cc1. The van der Waals surface area contributed by atoms with Crippen LogP contribution in [0.3, 0.4) is 0 Å². The summed E-state index contributed by atoms with van der Waals surface area (Å²) in [4.78, 5) is 23.9. The molecule has 154 valence electrons. The number of hydrogen-bond acceptors (Lipinski definition) is 4. The third-order valence-electron chi connectivity index (χ3n) is 5.74. The van der Waals surface area contributed by atoms with Crippen LogP contribution in [0.2, 0.25) is 0 Å². The Balaban J connectivity index is 1.31. The number of amides is 1. The minimum atomic E-state index is 0.0228. The molecule has 1 amide bonds. The van der Waals surface area contributed by atoms with Crippen molar-refractivity contribution in [3.63, 3.8) is 0 Å². The normalized spacial score (nSPS) is 14.7. The van der Waals surface area contributed by atoms with Gasteiger partial charge in [0.2, 0.25) is 11.9 Å². The van der Waals surface area contributed by atoms with Gasteiger partial charge in [0.05, 0.1) is 0 Å². The Morgan fingerprint density at radius 1 is 0.933 bits per heavy atom. The second-order valence-electron chi connectivity index (χ2n) is 8.17. The molecule has 0 spiro atoms. The van der Waals surface area contributed by atoms with Crippen LogP contribution in [0.1, 0.15) is 38.2 Å². The van der Waals surface area contributed by atoms with Gasteiger partial charge in [-0.15, -0.1) is 0 Å². The van der Waals surface area contributed by atoms with Crippen molar-refractivity contribution in [3.8, 4) is 11.1 Å². The zero-order chi connectivity index (χ0) is 20.9. The second-order valence-corrected chi connectivity index (χ2v) is 8.17. The third kappa shape index (κ3) is 4.67. The van der Waals surface area contributed by atoms with Gasteiger partial charge in [-0.2, -0.15) is 0 Å². The summed E-state index contributed by atoms with van der Waals surface area (Å²) in [5.74, 6) is 1.35. The second kappa shape index (κ2) is 9.08. The van der Waals surface area contributed by atoms with Crippen molar-refractivity contribution in [3.05, 3.63) is 72.6 Å².